The largest absolute Gasteiger partial charge is 0.496 e. The lowest BCUT2D eigenvalue weighted by atomic mass is 9.77. The van der Waals surface area contributed by atoms with Crippen LogP contribution in [-0.4, -0.2) is 27.0 Å². The molecule has 2 aromatic heterocycles. The zero-order valence-electron chi connectivity index (χ0n) is 13.7. The van der Waals surface area contributed by atoms with E-state index in [0.717, 1.165) is 41.8 Å². The number of aromatic nitrogens is 4. The third-order valence-electron chi connectivity index (χ3n) is 4.54. The van der Waals surface area contributed by atoms with Crippen molar-refractivity contribution in [3.8, 4) is 28.5 Å². The number of methoxy groups -OCH3 is 1. The van der Waals surface area contributed by atoms with E-state index in [-0.39, 0.29) is 0 Å². The molecule has 1 aromatic carbocycles. The Morgan fingerprint density at radius 2 is 2.04 bits per heavy atom. The molecule has 1 aliphatic carbocycles. The van der Waals surface area contributed by atoms with E-state index in [2.05, 4.69) is 15.2 Å². The quantitative estimate of drug-likeness (QED) is 0.792. The fourth-order valence-corrected chi connectivity index (χ4v) is 3.00. The fourth-order valence-electron chi connectivity index (χ4n) is 3.00. The van der Waals surface area contributed by atoms with Gasteiger partial charge in [-0.1, -0.05) is 17.3 Å². The summed E-state index contributed by atoms with van der Waals surface area (Å²) in [5.41, 5.74) is 8.22. The molecule has 0 spiro atoms. The highest BCUT2D eigenvalue weighted by Crippen LogP contribution is 2.39. The lowest BCUT2D eigenvalue weighted by Crippen LogP contribution is -2.44. The topological polar surface area (TPSA) is 92.0 Å². The predicted molar refractivity (Wildman–Crippen MR) is 88.2 cm³/mol. The second-order valence-electron chi connectivity index (χ2n) is 6.20. The molecule has 0 amide bonds. The lowest BCUT2D eigenvalue weighted by molar-refractivity contribution is 0.229. The summed E-state index contributed by atoms with van der Waals surface area (Å²) in [7, 11) is 3.50. The van der Waals surface area contributed by atoms with Gasteiger partial charge in [0.1, 0.15) is 11.4 Å². The Labute approximate surface area is 139 Å². The second-order valence-corrected chi connectivity index (χ2v) is 6.20. The van der Waals surface area contributed by atoms with Crippen LogP contribution in [0.2, 0.25) is 0 Å². The number of nitrogens with zero attached hydrogens (tertiary/aromatic N) is 4. The molecule has 1 saturated carbocycles. The van der Waals surface area contributed by atoms with E-state index in [1.54, 1.807) is 11.8 Å². The van der Waals surface area contributed by atoms with Crippen LogP contribution in [0, 0.1) is 0 Å². The first-order chi connectivity index (χ1) is 11.6. The number of hydrogen-bond donors (Lipinski definition) is 1. The van der Waals surface area contributed by atoms with E-state index >= 15 is 0 Å². The Kier molecular flexibility index (Phi) is 3.38. The van der Waals surface area contributed by atoms with E-state index in [9.17, 15) is 0 Å². The van der Waals surface area contributed by atoms with Gasteiger partial charge in [0.05, 0.1) is 18.2 Å². The molecule has 0 saturated heterocycles. The van der Waals surface area contributed by atoms with Gasteiger partial charge in [-0.2, -0.15) is 10.1 Å². The van der Waals surface area contributed by atoms with Crippen molar-refractivity contribution in [3.05, 3.63) is 36.3 Å². The molecule has 0 bridgehead atoms. The summed E-state index contributed by atoms with van der Waals surface area (Å²) in [4.78, 5) is 4.53. The van der Waals surface area contributed by atoms with Crippen molar-refractivity contribution in [2.75, 3.05) is 7.11 Å². The van der Waals surface area contributed by atoms with Crippen LogP contribution in [0.3, 0.4) is 0 Å². The molecular formula is C17H19N5O2. The molecule has 4 rings (SSSR count). The van der Waals surface area contributed by atoms with Crippen molar-refractivity contribution in [3.63, 3.8) is 0 Å². The fraction of sp³-hybridized carbons (Fsp3) is 0.353. The number of ether oxygens (including phenoxy) is 1. The first-order valence-electron chi connectivity index (χ1n) is 7.91. The van der Waals surface area contributed by atoms with Crippen molar-refractivity contribution in [1.29, 1.82) is 0 Å². The minimum Gasteiger partial charge on any atom is -0.496 e. The van der Waals surface area contributed by atoms with Crippen LogP contribution < -0.4 is 10.5 Å². The van der Waals surface area contributed by atoms with Crippen LogP contribution >= 0.6 is 0 Å². The summed E-state index contributed by atoms with van der Waals surface area (Å²) in [5.74, 6) is 1.74. The van der Waals surface area contributed by atoms with Gasteiger partial charge in [0.2, 0.25) is 0 Å². The van der Waals surface area contributed by atoms with Gasteiger partial charge in [0.15, 0.2) is 5.82 Å². The van der Waals surface area contributed by atoms with E-state index < -0.39 is 5.54 Å². The first-order valence-corrected chi connectivity index (χ1v) is 7.91. The van der Waals surface area contributed by atoms with Crippen LogP contribution in [0.4, 0.5) is 0 Å². The van der Waals surface area contributed by atoms with Crippen LogP contribution in [0.5, 0.6) is 5.75 Å². The standard InChI is InChI=1S/C17H19N5O2/c1-22-10-12(14(20-22)11-6-3-4-7-13(11)23-2)15-19-16(21-24-15)17(18)8-5-9-17/h3-4,6-7,10H,5,8-9,18H2,1-2H3. The molecule has 7 nitrogen and oxygen atoms in total. The molecule has 124 valence electrons. The highest BCUT2D eigenvalue weighted by atomic mass is 16.5. The molecule has 0 unspecified atom stereocenters. The summed E-state index contributed by atoms with van der Waals surface area (Å²) >= 11 is 0. The van der Waals surface area contributed by atoms with Gasteiger partial charge in [-0.15, -0.1) is 0 Å². The predicted octanol–water partition coefficient (Wildman–Crippen LogP) is 2.48. The third-order valence-corrected chi connectivity index (χ3v) is 4.54. The number of benzene rings is 1. The Morgan fingerprint density at radius 1 is 1.25 bits per heavy atom. The van der Waals surface area contributed by atoms with E-state index in [0.29, 0.717) is 11.7 Å². The molecule has 3 aromatic rings. The SMILES string of the molecule is COc1ccccc1-c1nn(C)cc1-c1nc(C2(N)CCC2)no1. The van der Waals surface area contributed by atoms with Crippen molar-refractivity contribution in [2.45, 2.75) is 24.8 Å². The van der Waals surface area contributed by atoms with Crippen molar-refractivity contribution in [2.24, 2.45) is 12.8 Å². The molecule has 1 aliphatic rings. The smallest absolute Gasteiger partial charge is 0.261 e. The van der Waals surface area contributed by atoms with Crippen molar-refractivity contribution in [1.82, 2.24) is 19.9 Å². The molecule has 0 radical (unpaired) electrons. The maximum absolute atomic E-state index is 6.29. The second kappa shape index (κ2) is 5.45. The number of para-hydroxylation sites is 1. The van der Waals surface area contributed by atoms with Crippen LogP contribution in [0.1, 0.15) is 25.1 Å². The zero-order valence-corrected chi connectivity index (χ0v) is 13.7. The Morgan fingerprint density at radius 3 is 2.75 bits per heavy atom. The maximum Gasteiger partial charge on any atom is 0.261 e. The number of rotatable bonds is 4. The van der Waals surface area contributed by atoms with Gasteiger partial charge in [-0.05, 0) is 31.4 Å². The van der Waals surface area contributed by atoms with Crippen molar-refractivity contribution < 1.29 is 9.26 Å². The zero-order chi connectivity index (χ0) is 16.7. The summed E-state index contributed by atoms with van der Waals surface area (Å²) in [6.07, 6.45) is 4.74. The molecule has 7 heteroatoms. The van der Waals surface area contributed by atoms with Gasteiger partial charge in [-0.3, -0.25) is 4.68 Å². The average molecular weight is 325 g/mol. The molecular weight excluding hydrogens is 306 g/mol. The van der Waals surface area contributed by atoms with Gasteiger partial charge >= 0.3 is 0 Å². The normalized spacial score (nSPS) is 16.0. The monoisotopic (exact) mass is 325 g/mol. The highest BCUT2D eigenvalue weighted by Gasteiger charge is 2.39. The van der Waals surface area contributed by atoms with Gasteiger partial charge in [-0.25, -0.2) is 0 Å². The Bertz CT molecular complexity index is 879. The first kappa shape index (κ1) is 14.9. The molecule has 2 N–H and O–H groups in total. The van der Waals surface area contributed by atoms with E-state index in [1.165, 1.54) is 0 Å². The highest BCUT2D eigenvalue weighted by molar-refractivity contribution is 5.80. The third kappa shape index (κ3) is 2.28. The summed E-state index contributed by atoms with van der Waals surface area (Å²) in [6, 6.07) is 7.72. The molecule has 1 fully saturated rings. The molecule has 0 aliphatic heterocycles. The average Bonchev–Trinajstić information content (AvgIpc) is 3.19. The van der Waals surface area contributed by atoms with Gasteiger partial charge in [0, 0.05) is 18.8 Å². The van der Waals surface area contributed by atoms with E-state index in [4.69, 9.17) is 15.0 Å². The Balaban J connectivity index is 1.80. The Hall–Kier alpha value is -2.67. The summed E-state index contributed by atoms with van der Waals surface area (Å²) in [5, 5.41) is 8.64. The van der Waals surface area contributed by atoms with Gasteiger partial charge in [0.25, 0.3) is 5.89 Å². The van der Waals surface area contributed by atoms with E-state index in [1.807, 2.05) is 37.5 Å². The molecule has 0 atom stereocenters. The van der Waals surface area contributed by atoms with Gasteiger partial charge < -0.3 is 15.0 Å². The minimum absolute atomic E-state index is 0.427. The summed E-state index contributed by atoms with van der Waals surface area (Å²) < 4.78 is 12.7. The summed E-state index contributed by atoms with van der Waals surface area (Å²) in [6.45, 7) is 0. The number of hydrogen-bond acceptors (Lipinski definition) is 6. The lowest BCUT2D eigenvalue weighted by Gasteiger charge is -2.34. The molecule has 24 heavy (non-hydrogen) atoms. The van der Waals surface area contributed by atoms with Crippen molar-refractivity contribution >= 4 is 0 Å². The minimum atomic E-state index is -0.450. The van der Waals surface area contributed by atoms with Crippen LogP contribution in [0.25, 0.3) is 22.7 Å². The number of nitrogens with two attached hydrogens (primary N) is 1. The molecule has 2 heterocycles. The van der Waals surface area contributed by atoms with Crippen LogP contribution in [0.15, 0.2) is 35.0 Å². The maximum atomic E-state index is 6.29. The number of aryl methyl sites for hydroxylation is 1. The van der Waals surface area contributed by atoms with Crippen LogP contribution in [-0.2, 0) is 12.6 Å².